The Kier molecular flexibility index (Phi) is 4.81. The minimum absolute atomic E-state index is 0.128. The Labute approximate surface area is 179 Å². The van der Waals surface area contributed by atoms with Crippen molar-refractivity contribution in [3.63, 3.8) is 0 Å². The van der Waals surface area contributed by atoms with Gasteiger partial charge in [-0.2, -0.15) is 0 Å². The van der Waals surface area contributed by atoms with E-state index in [0.29, 0.717) is 36.3 Å². The lowest BCUT2D eigenvalue weighted by molar-refractivity contribution is -0.124. The quantitative estimate of drug-likeness (QED) is 0.684. The molecule has 3 aromatic rings. The molecule has 6 nitrogen and oxygen atoms in total. The number of hydrogen-bond donors (Lipinski definition) is 1. The first kappa shape index (κ1) is 19.5. The van der Waals surface area contributed by atoms with Gasteiger partial charge in [0.2, 0.25) is 5.91 Å². The Hall–Kier alpha value is -3.48. The molecule has 3 atom stereocenters. The Bertz CT molecular complexity index is 1180. The number of halogens is 1. The van der Waals surface area contributed by atoms with Crippen LogP contribution in [0.1, 0.15) is 30.7 Å². The third-order valence-electron chi connectivity index (χ3n) is 6.43. The number of carbonyl (C=O) groups is 2. The maximum absolute atomic E-state index is 14.6. The summed E-state index contributed by atoms with van der Waals surface area (Å²) in [5.41, 5.74) is 1.00. The highest BCUT2D eigenvalue weighted by Crippen LogP contribution is 2.43. The molecule has 7 heteroatoms. The first-order valence-electron chi connectivity index (χ1n) is 10.4. The standard InChI is InChI=1S/C24H22FN3O3/c1-31-21-8-4-7-18(25)22(21)14-9-10-17-19(11-14)27-24(30)28(23(17)29)20-13-26-12-15-5-2-3-6-16(15)20/h2-8,12-14,17,19H,9-11H2,1H3,(H,27,30). The molecule has 2 heterocycles. The van der Waals surface area contributed by atoms with Gasteiger partial charge in [-0.25, -0.2) is 14.1 Å². The second kappa shape index (κ2) is 7.65. The number of methoxy groups -OCH3 is 1. The Morgan fingerprint density at radius 1 is 1.10 bits per heavy atom. The highest BCUT2D eigenvalue weighted by molar-refractivity contribution is 6.20. The van der Waals surface area contributed by atoms with E-state index in [1.54, 1.807) is 24.5 Å². The molecule has 5 rings (SSSR count). The molecule has 0 bridgehead atoms. The van der Waals surface area contributed by atoms with Crippen molar-refractivity contribution in [2.75, 3.05) is 12.0 Å². The number of fused-ring (bicyclic) bond motifs is 2. The van der Waals surface area contributed by atoms with Crippen LogP contribution in [0.4, 0.5) is 14.9 Å². The van der Waals surface area contributed by atoms with Crippen LogP contribution in [0.2, 0.25) is 0 Å². The molecular weight excluding hydrogens is 397 g/mol. The number of rotatable bonds is 3. The van der Waals surface area contributed by atoms with Gasteiger partial charge < -0.3 is 10.1 Å². The molecule has 0 spiro atoms. The normalized spacial score (nSPS) is 23.4. The zero-order valence-electron chi connectivity index (χ0n) is 17.0. The van der Waals surface area contributed by atoms with Crippen molar-refractivity contribution in [2.24, 2.45) is 5.92 Å². The van der Waals surface area contributed by atoms with Crippen molar-refractivity contribution in [2.45, 2.75) is 31.2 Å². The van der Waals surface area contributed by atoms with Gasteiger partial charge in [-0.15, -0.1) is 0 Å². The number of amides is 3. The third-order valence-corrected chi connectivity index (χ3v) is 6.43. The fraction of sp³-hybridized carbons (Fsp3) is 0.292. The molecule has 1 aromatic heterocycles. The summed E-state index contributed by atoms with van der Waals surface area (Å²) in [4.78, 5) is 31.8. The van der Waals surface area contributed by atoms with Crippen LogP contribution in [0.15, 0.2) is 54.9 Å². The van der Waals surface area contributed by atoms with Gasteiger partial charge in [-0.05, 0) is 37.3 Å². The topological polar surface area (TPSA) is 71.5 Å². The fourth-order valence-corrected chi connectivity index (χ4v) is 4.98. The molecule has 1 aliphatic heterocycles. The number of nitrogens with zero attached hydrogens (tertiary/aromatic N) is 2. The number of pyridine rings is 1. The second-order valence-electron chi connectivity index (χ2n) is 8.08. The van der Waals surface area contributed by atoms with Crippen LogP contribution in [0.5, 0.6) is 5.75 Å². The van der Waals surface area contributed by atoms with Crippen LogP contribution >= 0.6 is 0 Å². The average Bonchev–Trinajstić information content (AvgIpc) is 2.78. The van der Waals surface area contributed by atoms with E-state index in [2.05, 4.69) is 10.3 Å². The van der Waals surface area contributed by atoms with Gasteiger partial charge in [0, 0.05) is 28.6 Å². The minimum atomic E-state index is -0.467. The van der Waals surface area contributed by atoms with Crippen molar-refractivity contribution < 1.29 is 18.7 Å². The van der Waals surface area contributed by atoms with E-state index in [0.717, 1.165) is 10.8 Å². The lowest BCUT2D eigenvalue weighted by Gasteiger charge is -2.42. The van der Waals surface area contributed by atoms with Gasteiger partial charge in [0.05, 0.1) is 24.9 Å². The smallest absolute Gasteiger partial charge is 0.329 e. The van der Waals surface area contributed by atoms with Crippen LogP contribution in [0.3, 0.4) is 0 Å². The molecule has 1 N–H and O–H groups in total. The SMILES string of the molecule is COc1cccc(F)c1C1CCC2C(=O)N(c3cncc4ccccc34)C(=O)NC2C1. The number of ether oxygens (including phenoxy) is 1. The van der Waals surface area contributed by atoms with Crippen molar-refractivity contribution in [3.05, 3.63) is 66.2 Å². The molecule has 2 aliphatic rings. The molecule has 3 amide bonds. The minimum Gasteiger partial charge on any atom is -0.496 e. The van der Waals surface area contributed by atoms with Crippen molar-refractivity contribution >= 4 is 28.4 Å². The number of urea groups is 1. The number of benzene rings is 2. The van der Waals surface area contributed by atoms with Crippen LogP contribution in [-0.4, -0.2) is 30.1 Å². The summed E-state index contributed by atoms with van der Waals surface area (Å²) < 4.78 is 19.9. The Morgan fingerprint density at radius 2 is 1.94 bits per heavy atom. The highest BCUT2D eigenvalue weighted by atomic mass is 19.1. The maximum Gasteiger partial charge on any atom is 0.329 e. The van der Waals surface area contributed by atoms with Gasteiger partial charge >= 0.3 is 6.03 Å². The largest absolute Gasteiger partial charge is 0.496 e. The van der Waals surface area contributed by atoms with E-state index >= 15 is 0 Å². The van der Waals surface area contributed by atoms with E-state index < -0.39 is 6.03 Å². The van der Waals surface area contributed by atoms with Gasteiger partial charge in [0.15, 0.2) is 0 Å². The number of nitrogens with one attached hydrogen (secondary N) is 1. The van der Waals surface area contributed by atoms with Crippen LogP contribution < -0.4 is 15.0 Å². The Balaban J connectivity index is 1.44. The van der Waals surface area contributed by atoms with Crippen LogP contribution in [-0.2, 0) is 4.79 Å². The highest BCUT2D eigenvalue weighted by Gasteiger charge is 2.46. The van der Waals surface area contributed by atoms with E-state index in [1.807, 2.05) is 24.3 Å². The number of hydrogen-bond acceptors (Lipinski definition) is 4. The number of anilines is 1. The molecule has 1 saturated carbocycles. The summed E-state index contributed by atoms with van der Waals surface area (Å²) in [6, 6.07) is 11.5. The predicted octanol–water partition coefficient (Wildman–Crippen LogP) is 4.39. The zero-order valence-corrected chi connectivity index (χ0v) is 17.0. The molecule has 2 fully saturated rings. The summed E-state index contributed by atoms with van der Waals surface area (Å²) in [6.07, 6.45) is 4.94. The van der Waals surface area contributed by atoms with Crippen LogP contribution in [0, 0.1) is 11.7 Å². The van der Waals surface area contributed by atoms with Crippen LogP contribution in [0.25, 0.3) is 10.8 Å². The summed E-state index contributed by atoms with van der Waals surface area (Å²) in [5.74, 6) is -0.534. The summed E-state index contributed by atoms with van der Waals surface area (Å²) in [5, 5.41) is 4.65. The molecule has 3 unspecified atom stereocenters. The van der Waals surface area contributed by atoms with Gasteiger partial charge in [0.1, 0.15) is 11.6 Å². The molecule has 1 saturated heterocycles. The van der Waals surface area contributed by atoms with Crippen molar-refractivity contribution in [1.29, 1.82) is 0 Å². The zero-order chi connectivity index (χ0) is 21.5. The monoisotopic (exact) mass is 419 g/mol. The first-order valence-corrected chi connectivity index (χ1v) is 10.4. The molecule has 158 valence electrons. The number of aromatic nitrogens is 1. The molecule has 2 aromatic carbocycles. The molecule has 1 aliphatic carbocycles. The van der Waals surface area contributed by atoms with Gasteiger partial charge in [-0.3, -0.25) is 9.78 Å². The lowest BCUT2D eigenvalue weighted by atomic mass is 9.73. The second-order valence-corrected chi connectivity index (χ2v) is 8.08. The maximum atomic E-state index is 14.6. The first-order chi connectivity index (χ1) is 15.1. The van der Waals surface area contributed by atoms with Gasteiger partial charge in [-0.1, -0.05) is 30.3 Å². The van der Waals surface area contributed by atoms with Crippen molar-refractivity contribution in [3.8, 4) is 5.75 Å². The average molecular weight is 419 g/mol. The third kappa shape index (κ3) is 3.21. The Morgan fingerprint density at radius 3 is 2.77 bits per heavy atom. The summed E-state index contributed by atoms with van der Waals surface area (Å²) in [7, 11) is 1.52. The molecule has 31 heavy (non-hydrogen) atoms. The van der Waals surface area contributed by atoms with E-state index in [1.165, 1.54) is 18.1 Å². The van der Waals surface area contributed by atoms with Crippen molar-refractivity contribution in [1.82, 2.24) is 10.3 Å². The molecule has 0 radical (unpaired) electrons. The number of carbonyl (C=O) groups excluding carboxylic acids is 2. The summed E-state index contributed by atoms with van der Waals surface area (Å²) >= 11 is 0. The summed E-state index contributed by atoms with van der Waals surface area (Å²) in [6.45, 7) is 0. The van der Waals surface area contributed by atoms with Gasteiger partial charge in [0.25, 0.3) is 0 Å². The molecular formula is C24H22FN3O3. The number of imide groups is 1. The fourth-order valence-electron chi connectivity index (χ4n) is 4.98. The lowest BCUT2D eigenvalue weighted by Crippen LogP contribution is -2.61. The van der Waals surface area contributed by atoms with E-state index in [4.69, 9.17) is 4.74 Å². The van der Waals surface area contributed by atoms with E-state index in [-0.39, 0.29) is 29.6 Å². The van der Waals surface area contributed by atoms with E-state index in [9.17, 15) is 14.0 Å². The predicted molar refractivity (Wildman–Crippen MR) is 115 cm³/mol.